The molecule has 0 radical (unpaired) electrons. The fourth-order valence-electron chi connectivity index (χ4n) is 2.46. The van der Waals surface area contributed by atoms with Crippen LogP contribution in [0.15, 0.2) is 30.3 Å². The van der Waals surface area contributed by atoms with E-state index in [0.29, 0.717) is 18.2 Å². The first-order valence-electron chi connectivity index (χ1n) is 7.22. The van der Waals surface area contributed by atoms with E-state index in [1.54, 1.807) is 13.1 Å². The zero-order chi connectivity index (χ0) is 15.5. The van der Waals surface area contributed by atoms with Crippen molar-refractivity contribution in [1.29, 1.82) is 0 Å². The second-order valence-electron chi connectivity index (χ2n) is 5.41. The highest BCUT2D eigenvalue weighted by atomic mass is 16.5. The summed E-state index contributed by atoms with van der Waals surface area (Å²) < 4.78 is 12.4. The Balaban J connectivity index is 1.68. The van der Waals surface area contributed by atoms with Crippen molar-refractivity contribution in [2.75, 3.05) is 19.8 Å². The summed E-state index contributed by atoms with van der Waals surface area (Å²) in [7, 11) is 1.62. The first kappa shape index (κ1) is 14.6. The third-order valence-electron chi connectivity index (χ3n) is 3.76. The van der Waals surface area contributed by atoms with Crippen LogP contribution >= 0.6 is 0 Å². The van der Waals surface area contributed by atoms with Gasteiger partial charge in [-0.3, -0.25) is 4.68 Å². The van der Waals surface area contributed by atoms with Gasteiger partial charge in [-0.2, -0.15) is 5.10 Å². The van der Waals surface area contributed by atoms with Crippen LogP contribution in [0.1, 0.15) is 16.9 Å². The van der Waals surface area contributed by atoms with Gasteiger partial charge in [-0.25, -0.2) is 4.79 Å². The minimum absolute atomic E-state index is 0.163. The third-order valence-corrected chi connectivity index (χ3v) is 3.76. The van der Waals surface area contributed by atoms with Crippen molar-refractivity contribution in [3.05, 3.63) is 36.0 Å². The highest BCUT2D eigenvalue weighted by Gasteiger charge is 2.16. The SMILES string of the molecule is Cn1nc(-c2ccc(OCC3CCOC3)cc2)cc1C(=O)O. The summed E-state index contributed by atoms with van der Waals surface area (Å²) in [4.78, 5) is 11.0. The first-order valence-corrected chi connectivity index (χ1v) is 7.22. The van der Waals surface area contributed by atoms with Gasteiger partial charge in [-0.1, -0.05) is 0 Å². The number of carboxylic acids is 1. The molecule has 1 N–H and O–H groups in total. The van der Waals surface area contributed by atoms with Gasteiger partial charge in [0.15, 0.2) is 0 Å². The van der Waals surface area contributed by atoms with E-state index < -0.39 is 5.97 Å². The largest absolute Gasteiger partial charge is 0.493 e. The number of ether oxygens (including phenoxy) is 2. The molecule has 0 amide bonds. The van der Waals surface area contributed by atoms with E-state index in [0.717, 1.165) is 30.9 Å². The number of hydrogen-bond donors (Lipinski definition) is 1. The maximum Gasteiger partial charge on any atom is 0.354 e. The monoisotopic (exact) mass is 302 g/mol. The molecule has 0 aliphatic carbocycles. The molecule has 2 heterocycles. The number of aromatic carboxylic acids is 1. The molecule has 2 aromatic rings. The van der Waals surface area contributed by atoms with E-state index in [4.69, 9.17) is 14.6 Å². The van der Waals surface area contributed by atoms with E-state index in [9.17, 15) is 4.79 Å². The average Bonchev–Trinajstić information content (AvgIpc) is 3.15. The Labute approximate surface area is 128 Å². The Hall–Kier alpha value is -2.34. The van der Waals surface area contributed by atoms with Crippen molar-refractivity contribution >= 4 is 5.97 Å². The number of nitrogens with zero attached hydrogens (tertiary/aromatic N) is 2. The van der Waals surface area contributed by atoms with Crippen LogP contribution in [0.25, 0.3) is 11.3 Å². The summed E-state index contributed by atoms with van der Waals surface area (Å²) in [5.74, 6) is 0.276. The van der Waals surface area contributed by atoms with Crippen LogP contribution in [0.3, 0.4) is 0 Å². The Kier molecular flexibility index (Phi) is 4.11. The normalized spacial score (nSPS) is 17.6. The quantitative estimate of drug-likeness (QED) is 0.916. The second-order valence-corrected chi connectivity index (χ2v) is 5.41. The number of aromatic nitrogens is 2. The summed E-state index contributed by atoms with van der Waals surface area (Å²) >= 11 is 0. The number of aryl methyl sites for hydroxylation is 1. The molecule has 1 aromatic heterocycles. The average molecular weight is 302 g/mol. The van der Waals surface area contributed by atoms with Crippen LogP contribution < -0.4 is 4.74 Å². The first-order chi connectivity index (χ1) is 10.6. The number of hydrogen-bond acceptors (Lipinski definition) is 4. The Morgan fingerprint density at radius 2 is 2.23 bits per heavy atom. The second kappa shape index (κ2) is 6.19. The molecule has 1 aromatic carbocycles. The summed E-state index contributed by atoms with van der Waals surface area (Å²) in [6.45, 7) is 2.24. The fraction of sp³-hybridized carbons (Fsp3) is 0.375. The van der Waals surface area contributed by atoms with Crippen molar-refractivity contribution in [3.8, 4) is 17.0 Å². The summed E-state index contributed by atoms with van der Waals surface area (Å²) in [5.41, 5.74) is 1.66. The van der Waals surface area contributed by atoms with E-state index in [1.165, 1.54) is 4.68 Å². The minimum Gasteiger partial charge on any atom is -0.493 e. The molecule has 6 nitrogen and oxygen atoms in total. The lowest BCUT2D eigenvalue weighted by molar-refractivity contribution is 0.0685. The van der Waals surface area contributed by atoms with Crippen LogP contribution in [0.2, 0.25) is 0 Å². The van der Waals surface area contributed by atoms with Crippen LogP contribution in [-0.2, 0) is 11.8 Å². The molecule has 116 valence electrons. The lowest BCUT2D eigenvalue weighted by atomic mass is 10.1. The summed E-state index contributed by atoms with van der Waals surface area (Å²) in [6.07, 6.45) is 1.05. The van der Waals surface area contributed by atoms with Gasteiger partial charge in [0, 0.05) is 25.1 Å². The molecule has 1 unspecified atom stereocenters. The smallest absolute Gasteiger partial charge is 0.354 e. The van der Waals surface area contributed by atoms with Crippen LogP contribution in [-0.4, -0.2) is 40.7 Å². The topological polar surface area (TPSA) is 73.6 Å². The molecule has 1 atom stereocenters. The van der Waals surface area contributed by atoms with Crippen molar-refractivity contribution < 1.29 is 19.4 Å². The number of carboxylic acid groups (broad SMARTS) is 1. The van der Waals surface area contributed by atoms with Crippen LogP contribution in [0.4, 0.5) is 0 Å². The van der Waals surface area contributed by atoms with E-state index in [2.05, 4.69) is 5.10 Å². The van der Waals surface area contributed by atoms with Gasteiger partial charge in [0.25, 0.3) is 0 Å². The van der Waals surface area contributed by atoms with Crippen molar-refractivity contribution in [2.45, 2.75) is 6.42 Å². The Bertz CT molecular complexity index is 657. The fourth-order valence-corrected chi connectivity index (χ4v) is 2.46. The molecule has 0 bridgehead atoms. The molecule has 1 saturated heterocycles. The Morgan fingerprint density at radius 3 is 2.82 bits per heavy atom. The van der Waals surface area contributed by atoms with E-state index in [1.807, 2.05) is 24.3 Å². The zero-order valence-corrected chi connectivity index (χ0v) is 12.4. The molecule has 1 aliphatic rings. The van der Waals surface area contributed by atoms with E-state index >= 15 is 0 Å². The molecule has 3 rings (SSSR count). The maximum atomic E-state index is 11.0. The number of rotatable bonds is 5. The van der Waals surface area contributed by atoms with Crippen LogP contribution in [0.5, 0.6) is 5.75 Å². The van der Waals surface area contributed by atoms with Gasteiger partial charge in [-0.15, -0.1) is 0 Å². The molecule has 1 aliphatic heterocycles. The van der Waals surface area contributed by atoms with Gasteiger partial charge in [0.05, 0.1) is 18.9 Å². The van der Waals surface area contributed by atoms with Crippen molar-refractivity contribution in [3.63, 3.8) is 0 Å². The lowest BCUT2D eigenvalue weighted by Gasteiger charge is -2.10. The third kappa shape index (κ3) is 3.12. The molecular weight excluding hydrogens is 284 g/mol. The standard InChI is InChI=1S/C16H18N2O4/c1-18-15(16(19)20)8-14(17-18)12-2-4-13(5-3-12)22-10-11-6-7-21-9-11/h2-5,8,11H,6-7,9-10H2,1H3,(H,19,20). The van der Waals surface area contributed by atoms with Crippen LogP contribution in [0, 0.1) is 5.92 Å². The Morgan fingerprint density at radius 1 is 1.45 bits per heavy atom. The van der Waals surface area contributed by atoms with Crippen molar-refractivity contribution in [2.24, 2.45) is 13.0 Å². The lowest BCUT2D eigenvalue weighted by Crippen LogP contribution is -2.11. The maximum absolute atomic E-state index is 11.0. The van der Waals surface area contributed by atoms with Gasteiger partial charge in [0.2, 0.25) is 0 Å². The number of benzene rings is 1. The summed E-state index contributed by atoms with van der Waals surface area (Å²) in [6, 6.07) is 9.08. The van der Waals surface area contributed by atoms with E-state index in [-0.39, 0.29) is 5.69 Å². The minimum atomic E-state index is -0.986. The number of carbonyl (C=O) groups is 1. The molecule has 22 heavy (non-hydrogen) atoms. The molecule has 1 fully saturated rings. The predicted molar refractivity (Wildman–Crippen MR) is 80.0 cm³/mol. The van der Waals surface area contributed by atoms with Gasteiger partial charge in [-0.05, 0) is 36.8 Å². The zero-order valence-electron chi connectivity index (χ0n) is 12.4. The highest BCUT2D eigenvalue weighted by Crippen LogP contribution is 2.23. The molecule has 6 heteroatoms. The predicted octanol–water partition coefficient (Wildman–Crippen LogP) is 2.20. The molecular formula is C16H18N2O4. The molecule has 0 saturated carbocycles. The van der Waals surface area contributed by atoms with Gasteiger partial charge < -0.3 is 14.6 Å². The highest BCUT2D eigenvalue weighted by molar-refractivity contribution is 5.87. The van der Waals surface area contributed by atoms with Gasteiger partial charge in [0.1, 0.15) is 11.4 Å². The molecule has 0 spiro atoms. The van der Waals surface area contributed by atoms with Crippen molar-refractivity contribution in [1.82, 2.24) is 9.78 Å². The summed E-state index contributed by atoms with van der Waals surface area (Å²) in [5, 5.41) is 13.3. The van der Waals surface area contributed by atoms with Gasteiger partial charge >= 0.3 is 5.97 Å².